The summed E-state index contributed by atoms with van der Waals surface area (Å²) in [5, 5.41) is 11.9. The lowest BCUT2D eigenvalue weighted by Gasteiger charge is -2.45. The van der Waals surface area contributed by atoms with Gasteiger partial charge in [0.1, 0.15) is 5.69 Å². The van der Waals surface area contributed by atoms with Crippen LogP contribution in [0.2, 0.25) is 0 Å². The van der Waals surface area contributed by atoms with Gasteiger partial charge in [0.15, 0.2) is 0 Å². The van der Waals surface area contributed by atoms with Crippen molar-refractivity contribution >= 4 is 17.3 Å². The number of aromatic nitrogens is 3. The number of hydrogen-bond donors (Lipinski definition) is 1. The largest absolute Gasteiger partial charge is 0.377 e. The van der Waals surface area contributed by atoms with Gasteiger partial charge in [0.25, 0.3) is 11.8 Å². The van der Waals surface area contributed by atoms with Crippen LogP contribution < -0.4 is 10.2 Å². The van der Waals surface area contributed by atoms with E-state index in [1.165, 1.54) is 12.3 Å². The van der Waals surface area contributed by atoms with Crippen LogP contribution in [0.3, 0.4) is 0 Å². The Hall–Kier alpha value is -3.46. The van der Waals surface area contributed by atoms with Crippen LogP contribution in [-0.4, -0.2) is 46.9 Å². The lowest BCUT2D eigenvalue weighted by Crippen LogP contribution is -2.53. The Bertz CT molecular complexity index is 1290. The zero-order chi connectivity index (χ0) is 25.4. The van der Waals surface area contributed by atoms with Crippen molar-refractivity contribution in [3.63, 3.8) is 0 Å². The number of amides is 1. The maximum absolute atomic E-state index is 13.7. The van der Waals surface area contributed by atoms with Gasteiger partial charge in [-0.05, 0) is 55.2 Å². The highest BCUT2D eigenvalue weighted by Crippen LogP contribution is 2.38. The third kappa shape index (κ3) is 4.67. The highest BCUT2D eigenvalue weighted by Gasteiger charge is 2.36. The highest BCUT2D eigenvalue weighted by atomic mass is 19.3. The molecule has 188 valence electrons. The maximum Gasteiger partial charge on any atom is 0.286 e. The number of aryl methyl sites for hydroxylation is 1. The molecular weight excluding hydrogens is 464 g/mol. The number of alkyl halides is 2. The molecule has 2 atom stereocenters. The van der Waals surface area contributed by atoms with Gasteiger partial charge in [0, 0.05) is 36.5 Å². The summed E-state index contributed by atoms with van der Waals surface area (Å²) in [7, 11) is 0. The summed E-state index contributed by atoms with van der Waals surface area (Å²) in [4.78, 5) is 18.9. The van der Waals surface area contributed by atoms with Gasteiger partial charge < -0.3 is 15.0 Å². The summed E-state index contributed by atoms with van der Waals surface area (Å²) in [6.07, 6.45) is 3.15. The lowest BCUT2D eigenvalue weighted by atomic mass is 9.85. The first kappa shape index (κ1) is 24.2. The maximum atomic E-state index is 13.7. The summed E-state index contributed by atoms with van der Waals surface area (Å²) >= 11 is 0. The van der Waals surface area contributed by atoms with E-state index in [0.29, 0.717) is 24.3 Å². The van der Waals surface area contributed by atoms with Gasteiger partial charge in [-0.15, -0.1) is 0 Å². The first-order chi connectivity index (χ1) is 17.2. The van der Waals surface area contributed by atoms with Crippen LogP contribution in [0, 0.1) is 12.8 Å². The highest BCUT2D eigenvalue weighted by molar-refractivity contribution is 6.04. The van der Waals surface area contributed by atoms with Crippen molar-refractivity contribution in [2.75, 3.05) is 30.0 Å². The van der Waals surface area contributed by atoms with E-state index in [-0.39, 0.29) is 5.56 Å². The van der Waals surface area contributed by atoms with Crippen molar-refractivity contribution in [3.8, 4) is 11.3 Å². The van der Waals surface area contributed by atoms with Crippen molar-refractivity contribution < 1.29 is 18.3 Å². The number of anilines is 2. The number of carbonyl (C=O) groups excluding carboxylic acids is 1. The molecule has 0 bridgehead atoms. The topological polar surface area (TPSA) is 80.2 Å². The molecule has 1 amide bonds. The van der Waals surface area contributed by atoms with Crippen LogP contribution in [0.15, 0.2) is 42.6 Å². The Morgan fingerprint density at radius 3 is 2.83 bits per heavy atom. The first-order valence-electron chi connectivity index (χ1n) is 12.2. The third-order valence-electron chi connectivity index (χ3n) is 7.09. The summed E-state index contributed by atoms with van der Waals surface area (Å²) in [6.45, 7) is 7.16. The normalized spacial score (nSPS) is 19.4. The number of pyridine rings is 1. The van der Waals surface area contributed by atoms with Crippen molar-refractivity contribution in [3.05, 3.63) is 65.1 Å². The van der Waals surface area contributed by atoms with E-state index in [0.717, 1.165) is 67.2 Å². The number of hydrogen-bond acceptors (Lipinski definition) is 6. The molecule has 2 aliphatic rings. The first-order valence-corrected chi connectivity index (χ1v) is 12.2. The predicted octanol–water partition coefficient (Wildman–Crippen LogP) is 5.00. The van der Waals surface area contributed by atoms with Crippen LogP contribution in [0.1, 0.15) is 47.6 Å². The number of carbonyl (C=O) groups is 1. The molecule has 2 aromatic heterocycles. The van der Waals surface area contributed by atoms with Gasteiger partial charge in [-0.3, -0.25) is 9.78 Å². The number of nitrogens with one attached hydrogen (secondary N) is 1. The fraction of sp³-hybridized carbons (Fsp3) is 0.407. The average Bonchev–Trinajstić information content (AvgIpc) is 2.88. The lowest BCUT2D eigenvalue weighted by molar-refractivity contribution is 0.0127. The number of rotatable bonds is 5. The number of fused-ring (bicyclic) bond motifs is 3. The van der Waals surface area contributed by atoms with E-state index < -0.39 is 17.5 Å². The van der Waals surface area contributed by atoms with Gasteiger partial charge in [0.2, 0.25) is 0 Å². The predicted molar refractivity (Wildman–Crippen MR) is 133 cm³/mol. The zero-order valence-corrected chi connectivity index (χ0v) is 20.6. The number of ether oxygens (including phenoxy) is 1. The molecule has 5 rings (SSSR count). The summed E-state index contributed by atoms with van der Waals surface area (Å²) in [5.74, 6) is -3.13. The molecule has 4 heterocycles. The minimum atomic E-state index is -3.13. The van der Waals surface area contributed by atoms with E-state index in [4.69, 9.17) is 4.74 Å². The minimum Gasteiger partial charge on any atom is -0.377 e. The average molecular weight is 494 g/mol. The fourth-order valence-corrected chi connectivity index (χ4v) is 5.04. The Balaban J connectivity index is 1.43. The summed E-state index contributed by atoms with van der Waals surface area (Å²) < 4.78 is 33.1. The van der Waals surface area contributed by atoms with Crippen LogP contribution in [0.4, 0.5) is 20.2 Å². The second-order valence-corrected chi connectivity index (χ2v) is 9.57. The van der Waals surface area contributed by atoms with Crippen molar-refractivity contribution in [2.45, 2.75) is 45.6 Å². The quantitative estimate of drug-likeness (QED) is 0.539. The van der Waals surface area contributed by atoms with Crippen LogP contribution in [0.25, 0.3) is 11.3 Å². The molecule has 0 aliphatic carbocycles. The molecule has 7 nitrogen and oxygen atoms in total. The van der Waals surface area contributed by atoms with Gasteiger partial charge >= 0.3 is 0 Å². The van der Waals surface area contributed by atoms with Gasteiger partial charge in [-0.25, -0.2) is 0 Å². The molecule has 0 spiro atoms. The fourth-order valence-electron chi connectivity index (χ4n) is 5.04. The van der Waals surface area contributed by atoms with E-state index >= 15 is 0 Å². The molecule has 36 heavy (non-hydrogen) atoms. The van der Waals surface area contributed by atoms with Crippen LogP contribution in [-0.2, 0) is 17.1 Å². The minimum absolute atomic E-state index is 0.112. The van der Waals surface area contributed by atoms with E-state index in [1.807, 2.05) is 19.1 Å². The molecule has 3 aromatic rings. The molecule has 0 radical (unpaired) electrons. The molecule has 1 fully saturated rings. The summed E-state index contributed by atoms with van der Waals surface area (Å²) in [6, 6.07) is 10.5. The van der Waals surface area contributed by atoms with E-state index in [2.05, 4.69) is 38.4 Å². The summed E-state index contributed by atoms with van der Waals surface area (Å²) in [5.41, 5.74) is 4.86. The SMILES string of the molecule is CC[C@@H]1Cc2nnc(-c3cc(NC(=O)c4ccnc(C(C)(F)F)c4)ccc3C)cc2N2CCOC[C@@H]12. The Morgan fingerprint density at radius 1 is 1.22 bits per heavy atom. The monoisotopic (exact) mass is 493 g/mol. The second-order valence-electron chi connectivity index (χ2n) is 9.57. The molecular formula is C27H29F2N5O2. The van der Waals surface area contributed by atoms with Crippen molar-refractivity contribution in [1.29, 1.82) is 0 Å². The Labute approximate surface area is 208 Å². The molecule has 2 aliphatic heterocycles. The molecule has 1 N–H and O–H groups in total. The number of halogens is 2. The van der Waals surface area contributed by atoms with Crippen molar-refractivity contribution in [1.82, 2.24) is 15.2 Å². The van der Waals surface area contributed by atoms with Crippen molar-refractivity contribution in [2.24, 2.45) is 5.92 Å². The number of morpholine rings is 1. The van der Waals surface area contributed by atoms with Crippen LogP contribution in [0.5, 0.6) is 0 Å². The molecule has 1 saturated heterocycles. The third-order valence-corrected chi connectivity index (χ3v) is 7.09. The molecule has 0 saturated carbocycles. The van der Waals surface area contributed by atoms with E-state index in [1.54, 1.807) is 6.07 Å². The van der Waals surface area contributed by atoms with Gasteiger partial charge in [-0.1, -0.05) is 19.4 Å². The molecule has 9 heteroatoms. The van der Waals surface area contributed by atoms with Gasteiger partial charge in [-0.2, -0.15) is 19.0 Å². The second kappa shape index (κ2) is 9.54. The number of benzene rings is 1. The Morgan fingerprint density at radius 2 is 2.06 bits per heavy atom. The standard InChI is InChI=1S/C27H29F2N5O2/c1-4-17-11-22-23(34-9-10-36-15-24(17)34)14-21(32-33-22)20-13-19(6-5-16(20)2)31-26(35)18-7-8-30-25(12-18)27(3,28)29/h5-8,12-14,17,24H,4,9-11,15H2,1-3H3,(H,31,35)/t17-,24+/m1/s1. The van der Waals surface area contributed by atoms with E-state index in [9.17, 15) is 13.6 Å². The van der Waals surface area contributed by atoms with Crippen LogP contribution >= 0.6 is 0 Å². The smallest absolute Gasteiger partial charge is 0.286 e. The van der Waals surface area contributed by atoms with Gasteiger partial charge in [0.05, 0.1) is 36.3 Å². The zero-order valence-electron chi connectivity index (χ0n) is 20.6. The molecule has 0 unspecified atom stereocenters. The Kier molecular flexibility index (Phi) is 6.42. The molecule has 1 aromatic carbocycles. The number of nitrogens with zero attached hydrogens (tertiary/aromatic N) is 4.